The first kappa shape index (κ1) is 11.5. The Bertz CT molecular complexity index is 479. The maximum atomic E-state index is 12.1. The monoisotopic (exact) mass is 230 g/mol. The summed E-state index contributed by atoms with van der Waals surface area (Å²) in [5.41, 5.74) is 1.27. The molecule has 1 aliphatic rings. The molecule has 0 unspecified atom stereocenters. The molecule has 0 fully saturated rings. The van der Waals surface area contributed by atoms with E-state index in [0.29, 0.717) is 17.8 Å². The first-order chi connectivity index (χ1) is 8.15. The molecular weight excluding hydrogens is 216 g/mol. The molecule has 0 aliphatic carbocycles. The van der Waals surface area contributed by atoms with E-state index in [4.69, 9.17) is 0 Å². The van der Waals surface area contributed by atoms with Gasteiger partial charge in [-0.3, -0.25) is 9.59 Å². The fourth-order valence-corrected chi connectivity index (χ4v) is 1.89. The fourth-order valence-electron chi connectivity index (χ4n) is 1.89. The second-order valence-electron chi connectivity index (χ2n) is 3.98. The average molecular weight is 230 g/mol. The van der Waals surface area contributed by atoms with Crippen LogP contribution in [0.15, 0.2) is 35.4 Å². The molecule has 1 atom stereocenters. The van der Waals surface area contributed by atoms with E-state index in [0.717, 1.165) is 0 Å². The SMILES string of the molecule is CCC(=O)[C@@H]1C(=O)N(c2ccccc2)N=C1C. The van der Waals surface area contributed by atoms with Gasteiger partial charge >= 0.3 is 0 Å². The molecule has 17 heavy (non-hydrogen) atoms. The molecule has 0 N–H and O–H groups in total. The summed E-state index contributed by atoms with van der Waals surface area (Å²) in [5.74, 6) is -1.02. The minimum absolute atomic E-state index is 0.0744. The van der Waals surface area contributed by atoms with Crippen LogP contribution in [0, 0.1) is 5.92 Å². The fraction of sp³-hybridized carbons (Fsp3) is 0.308. The van der Waals surface area contributed by atoms with Crippen molar-refractivity contribution in [1.29, 1.82) is 0 Å². The van der Waals surface area contributed by atoms with E-state index in [-0.39, 0.29) is 11.7 Å². The smallest absolute Gasteiger partial charge is 0.263 e. The summed E-state index contributed by atoms with van der Waals surface area (Å²) in [6, 6.07) is 9.14. The van der Waals surface area contributed by atoms with Crippen molar-refractivity contribution in [2.45, 2.75) is 20.3 Å². The van der Waals surface area contributed by atoms with Crippen LogP contribution >= 0.6 is 0 Å². The summed E-state index contributed by atoms with van der Waals surface area (Å²) in [6.45, 7) is 3.48. The quantitative estimate of drug-likeness (QED) is 0.746. The Morgan fingerprint density at radius 1 is 1.35 bits per heavy atom. The third-order valence-electron chi connectivity index (χ3n) is 2.80. The molecule has 0 saturated carbocycles. The Labute approximate surface area is 99.9 Å². The molecule has 0 radical (unpaired) electrons. The van der Waals surface area contributed by atoms with Crippen molar-refractivity contribution in [3.05, 3.63) is 30.3 Å². The minimum atomic E-state index is -0.694. The van der Waals surface area contributed by atoms with E-state index in [1.165, 1.54) is 5.01 Å². The molecule has 4 heteroatoms. The number of nitrogens with zero attached hydrogens (tertiary/aromatic N) is 2. The van der Waals surface area contributed by atoms with Crippen LogP contribution in [0.4, 0.5) is 5.69 Å². The van der Waals surface area contributed by atoms with Gasteiger partial charge in [0.25, 0.3) is 5.91 Å². The maximum Gasteiger partial charge on any atom is 0.263 e. The van der Waals surface area contributed by atoms with Gasteiger partial charge in [-0.05, 0) is 19.1 Å². The number of para-hydroxylation sites is 1. The Hall–Kier alpha value is -1.97. The highest BCUT2D eigenvalue weighted by Crippen LogP contribution is 2.24. The van der Waals surface area contributed by atoms with Crippen molar-refractivity contribution >= 4 is 23.1 Å². The number of benzene rings is 1. The topological polar surface area (TPSA) is 49.7 Å². The molecule has 4 nitrogen and oxygen atoms in total. The highest BCUT2D eigenvalue weighted by molar-refractivity contribution is 6.26. The predicted molar refractivity (Wildman–Crippen MR) is 65.8 cm³/mol. The van der Waals surface area contributed by atoms with Crippen LogP contribution in [-0.4, -0.2) is 17.4 Å². The second kappa shape index (κ2) is 4.49. The summed E-state index contributed by atoms with van der Waals surface area (Å²) in [7, 11) is 0. The summed E-state index contributed by atoms with van der Waals surface area (Å²) >= 11 is 0. The van der Waals surface area contributed by atoms with Crippen LogP contribution < -0.4 is 5.01 Å². The predicted octanol–water partition coefficient (Wildman–Crippen LogP) is 2.00. The molecule has 0 spiro atoms. The van der Waals surface area contributed by atoms with Crippen LogP contribution in [0.1, 0.15) is 20.3 Å². The lowest BCUT2D eigenvalue weighted by Gasteiger charge is -2.13. The van der Waals surface area contributed by atoms with Gasteiger partial charge in [-0.1, -0.05) is 25.1 Å². The first-order valence-electron chi connectivity index (χ1n) is 5.62. The number of hydrogen-bond acceptors (Lipinski definition) is 3. The van der Waals surface area contributed by atoms with Crippen molar-refractivity contribution in [3.63, 3.8) is 0 Å². The van der Waals surface area contributed by atoms with Crippen molar-refractivity contribution in [2.75, 3.05) is 5.01 Å². The summed E-state index contributed by atoms with van der Waals surface area (Å²) < 4.78 is 0. The Balaban J connectivity index is 2.31. The van der Waals surface area contributed by atoms with Crippen LogP contribution in [-0.2, 0) is 9.59 Å². The molecule has 88 valence electrons. The van der Waals surface area contributed by atoms with E-state index in [2.05, 4.69) is 5.10 Å². The lowest BCUT2D eigenvalue weighted by atomic mass is 9.97. The normalized spacial score (nSPS) is 19.4. The van der Waals surface area contributed by atoms with Gasteiger partial charge in [0.15, 0.2) is 5.78 Å². The number of amides is 1. The molecule has 1 aliphatic heterocycles. The van der Waals surface area contributed by atoms with Gasteiger partial charge in [-0.15, -0.1) is 0 Å². The minimum Gasteiger partial charge on any atom is -0.298 e. The van der Waals surface area contributed by atoms with E-state index in [1.807, 2.05) is 18.2 Å². The van der Waals surface area contributed by atoms with E-state index < -0.39 is 5.92 Å². The van der Waals surface area contributed by atoms with Gasteiger partial charge in [0.05, 0.1) is 11.4 Å². The maximum absolute atomic E-state index is 12.1. The van der Waals surface area contributed by atoms with Crippen LogP contribution in [0.2, 0.25) is 0 Å². The average Bonchev–Trinajstić information content (AvgIpc) is 2.65. The number of hydrogen-bond donors (Lipinski definition) is 0. The first-order valence-corrected chi connectivity index (χ1v) is 5.62. The van der Waals surface area contributed by atoms with Gasteiger partial charge in [0.1, 0.15) is 5.92 Å². The molecule has 1 aromatic rings. The third-order valence-corrected chi connectivity index (χ3v) is 2.80. The molecule has 0 bridgehead atoms. The largest absolute Gasteiger partial charge is 0.298 e. The van der Waals surface area contributed by atoms with Gasteiger partial charge in [0, 0.05) is 6.42 Å². The third kappa shape index (κ3) is 1.98. The number of Topliss-reactive ketones (excluding diaryl/α,β-unsaturated/α-hetero) is 1. The van der Waals surface area contributed by atoms with Crippen LogP contribution in [0.25, 0.3) is 0 Å². The lowest BCUT2D eigenvalue weighted by molar-refractivity contribution is -0.128. The van der Waals surface area contributed by atoms with Gasteiger partial charge < -0.3 is 0 Å². The Kier molecular flexibility index (Phi) is 3.04. The van der Waals surface area contributed by atoms with E-state index >= 15 is 0 Å². The lowest BCUT2D eigenvalue weighted by Crippen LogP contribution is -2.32. The molecule has 2 rings (SSSR count). The summed E-state index contributed by atoms with van der Waals surface area (Å²) in [6.07, 6.45) is 0.353. The van der Waals surface area contributed by atoms with Crippen LogP contribution in [0.3, 0.4) is 0 Å². The number of anilines is 1. The number of rotatable bonds is 3. The van der Waals surface area contributed by atoms with Crippen molar-refractivity contribution in [3.8, 4) is 0 Å². The molecule has 0 aromatic heterocycles. The van der Waals surface area contributed by atoms with Crippen LogP contribution in [0.5, 0.6) is 0 Å². The molecule has 1 amide bonds. The van der Waals surface area contributed by atoms with E-state index in [9.17, 15) is 9.59 Å². The molecule has 1 heterocycles. The zero-order chi connectivity index (χ0) is 12.4. The zero-order valence-electron chi connectivity index (χ0n) is 9.88. The number of hydrazone groups is 1. The van der Waals surface area contributed by atoms with Crippen molar-refractivity contribution in [1.82, 2.24) is 0 Å². The highest BCUT2D eigenvalue weighted by atomic mass is 16.2. The van der Waals surface area contributed by atoms with Crippen molar-refractivity contribution in [2.24, 2.45) is 11.0 Å². The number of carbonyl (C=O) groups is 2. The standard InChI is InChI=1S/C13H14N2O2/c1-3-11(16)12-9(2)14-15(13(12)17)10-7-5-4-6-8-10/h4-8,12H,3H2,1-2H3/t12-/m1/s1. The van der Waals surface area contributed by atoms with E-state index in [1.54, 1.807) is 26.0 Å². The summed E-state index contributed by atoms with van der Waals surface area (Å²) in [5, 5.41) is 5.48. The Morgan fingerprint density at radius 2 is 2.00 bits per heavy atom. The second-order valence-corrected chi connectivity index (χ2v) is 3.98. The highest BCUT2D eigenvalue weighted by Gasteiger charge is 2.38. The summed E-state index contributed by atoms with van der Waals surface area (Å²) in [4.78, 5) is 23.8. The zero-order valence-corrected chi connectivity index (χ0v) is 9.88. The number of carbonyl (C=O) groups excluding carboxylic acids is 2. The molecular formula is C13H14N2O2. The van der Waals surface area contributed by atoms with Gasteiger partial charge in [-0.2, -0.15) is 10.1 Å². The molecule has 0 saturated heterocycles. The molecule has 1 aromatic carbocycles. The van der Waals surface area contributed by atoms with Gasteiger partial charge in [-0.25, -0.2) is 0 Å². The Morgan fingerprint density at radius 3 is 2.59 bits per heavy atom. The number of ketones is 1. The van der Waals surface area contributed by atoms with Gasteiger partial charge in [0.2, 0.25) is 0 Å². The van der Waals surface area contributed by atoms with Crippen molar-refractivity contribution < 1.29 is 9.59 Å².